The molecule has 2 rings (SSSR count). The van der Waals surface area contributed by atoms with Gasteiger partial charge in [0.05, 0.1) is 25.4 Å². The van der Waals surface area contributed by atoms with Crippen molar-refractivity contribution in [3.05, 3.63) is 0 Å². The van der Waals surface area contributed by atoms with Gasteiger partial charge in [-0.1, -0.05) is 13.8 Å². The quantitative estimate of drug-likeness (QED) is 0.503. The molecule has 2 heteroatoms. The molecule has 2 saturated heterocycles. The lowest BCUT2D eigenvalue weighted by Gasteiger charge is -2.10. The fourth-order valence-electron chi connectivity index (χ4n) is 1.88. The van der Waals surface area contributed by atoms with Gasteiger partial charge in [0, 0.05) is 11.8 Å². The third-order valence-corrected chi connectivity index (χ3v) is 2.55. The predicted octanol–water partition coefficient (Wildman–Crippen LogP) is 1.06. The standard InChI is InChI=1S/C8H14O2/c1-5-3-9-8-6(2)4-10-7(5)8/h5-8H,3-4H2,1-2H3/t5-,6-,7-,8?/m1/s1. The molecular weight excluding hydrogens is 128 g/mol. The van der Waals surface area contributed by atoms with E-state index in [-0.39, 0.29) is 0 Å². The monoisotopic (exact) mass is 142 g/mol. The van der Waals surface area contributed by atoms with Crippen molar-refractivity contribution in [2.45, 2.75) is 26.1 Å². The molecule has 0 spiro atoms. The molecule has 2 aliphatic rings. The van der Waals surface area contributed by atoms with Gasteiger partial charge in [0.15, 0.2) is 0 Å². The zero-order chi connectivity index (χ0) is 7.14. The lowest BCUT2D eigenvalue weighted by Crippen LogP contribution is -2.23. The van der Waals surface area contributed by atoms with Gasteiger partial charge in [-0.2, -0.15) is 0 Å². The third kappa shape index (κ3) is 0.789. The summed E-state index contributed by atoms with van der Waals surface area (Å²) in [4.78, 5) is 0. The van der Waals surface area contributed by atoms with Crippen LogP contribution in [0.3, 0.4) is 0 Å². The Morgan fingerprint density at radius 2 is 1.30 bits per heavy atom. The largest absolute Gasteiger partial charge is 0.375 e. The van der Waals surface area contributed by atoms with Crippen LogP contribution < -0.4 is 0 Å². The van der Waals surface area contributed by atoms with E-state index in [4.69, 9.17) is 9.47 Å². The molecule has 10 heavy (non-hydrogen) atoms. The Balaban J connectivity index is 2.09. The summed E-state index contributed by atoms with van der Waals surface area (Å²) < 4.78 is 11.2. The van der Waals surface area contributed by atoms with Crippen molar-refractivity contribution in [1.82, 2.24) is 0 Å². The van der Waals surface area contributed by atoms with Gasteiger partial charge >= 0.3 is 0 Å². The minimum absolute atomic E-state index is 0.398. The molecule has 2 nitrogen and oxygen atoms in total. The highest BCUT2D eigenvalue weighted by molar-refractivity contribution is 4.90. The van der Waals surface area contributed by atoms with Crippen molar-refractivity contribution in [1.29, 1.82) is 0 Å². The molecule has 2 fully saturated rings. The van der Waals surface area contributed by atoms with Crippen molar-refractivity contribution < 1.29 is 9.47 Å². The van der Waals surface area contributed by atoms with Gasteiger partial charge in [-0.25, -0.2) is 0 Å². The summed E-state index contributed by atoms with van der Waals surface area (Å²) >= 11 is 0. The lowest BCUT2D eigenvalue weighted by atomic mass is 9.99. The van der Waals surface area contributed by atoms with E-state index in [1.54, 1.807) is 0 Å². The van der Waals surface area contributed by atoms with Gasteiger partial charge in [0.2, 0.25) is 0 Å². The van der Waals surface area contributed by atoms with Crippen LogP contribution in [-0.4, -0.2) is 25.4 Å². The van der Waals surface area contributed by atoms with Crippen LogP contribution in [0.5, 0.6) is 0 Å². The second-order valence-corrected chi connectivity index (χ2v) is 3.55. The number of hydrogen-bond acceptors (Lipinski definition) is 2. The Hall–Kier alpha value is -0.0800. The first-order chi connectivity index (χ1) is 4.79. The molecule has 2 aliphatic heterocycles. The van der Waals surface area contributed by atoms with Crippen LogP contribution >= 0.6 is 0 Å². The first-order valence-electron chi connectivity index (χ1n) is 4.02. The van der Waals surface area contributed by atoms with Gasteiger partial charge in [-0.3, -0.25) is 0 Å². The number of hydrogen-bond donors (Lipinski definition) is 0. The molecule has 0 aliphatic carbocycles. The molecule has 0 aromatic heterocycles. The maximum absolute atomic E-state index is 5.58. The van der Waals surface area contributed by atoms with E-state index in [0.717, 1.165) is 13.2 Å². The first kappa shape index (κ1) is 6.62. The van der Waals surface area contributed by atoms with E-state index in [1.807, 2.05) is 0 Å². The van der Waals surface area contributed by atoms with Crippen LogP contribution in [0.2, 0.25) is 0 Å². The summed E-state index contributed by atoms with van der Waals surface area (Å²) in [6.45, 7) is 6.17. The van der Waals surface area contributed by atoms with E-state index in [2.05, 4.69) is 13.8 Å². The summed E-state index contributed by atoms with van der Waals surface area (Å²) in [5.41, 5.74) is 0. The van der Waals surface area contributed by atoms with Gasteiger partial charge in [0.1, 0.15) is 0 Å². The minimum atomic E-state index is 0.398. The molecule has 2 heterocycles. The maximum Gasteiger partial charge on any atom is 0.0887 e. The molecule has 1 unspecified atom stereocenters. The average molecular weight is 142 g/mol. The van der Waals surface area contributed by atoms with Crippen LogP contribution in [0.4, 0.5) is 0 Å². The van der Waals surface area contributed by atoms with Gasteiger partial charge in [0.25, 0.3) is 0 Å². The summed E-state index contributed by atoms with van der Waals surface area (Å²) in [6, 6.07) is 0. The number of rotatable bonds is 0. The highest BCUT2D eigenvalue weighted by Gasteiger charge is 2.43. The minimum Gasteiger partial charge on any atom is -0.375 e. The Kier molecular flexibility index (Phi) is 1.46. The zero-order valence-corrected chi connectivity index (χ0v) is 6.54. The smallest absolute Gasteiger partial charge is 0.0887 e. The molecule has 0 amide bonds. The topological polar surface area (TPSA) is 18.5 Å². The first-order valence-corrected chi connectivity index (χ1v) is 4.02. The second-order valence-electron chi connectivity index (χ2n) is 3.55. The van der Waals surface area contributed by atoms with Crippen LogP contribution in [0, 0.1) is 11.8 Å². The van der Waals surface area contributed by atoms with Gasteiger partial charge in [-0.15, -0.1) is 0 Å². The van der Waals surface area contributed by atoms with Crippen LogP contribution in [0.1, 0.15) is 13.8 Å². The second kappa shape index (κ2) is 2.21. The van der Waals surface area contributed by atoms with Crippen molar-refractivity contribution >= 4 is 0 Å². The maximum atomic E-state index is 5.58. The van der Waals surface area contributed by atoms with Crippen molar-refractivity contribution in [2.24, 2.45) is 11.8 Å². The van der Waals surface area contributed by atoms with E-state index < -0.39 is 0 Å². The Labute approximate surface area is 61.5 Å². The average Bonchev–Trinajstić information content (AvgIpc) is 2.41. The van der Waals surface area contributed by atoms with Gasteiger partial charge in [-0.05, 0) is 0 Å². The highest BCUT2D eigenvalue weighted by Crippen LogP contribution is 2.33. The predicted molar refractivity (Wildman–Crippen MR) is 37.8 cm³/mol. The number of fused-ring (bicyclic) bond motifs is 1. The zero-order valence-electron chi connectivity index (χ0n) is 6.54. The molecule has 0 saturated carbocycles. The van der Waals surface area contributed by atoms with Gasteiger partial charge < -0.3 is 9.47 Å². The van der Waals surface area contributed by atoms with Crippen LogP contribution in [0.25, 0.3) is 0 Å². The van der Waals surface area contributed by atoms with E-state index in [1.165, 1.54) is 0 Å². The molecule has 58 valence electrons. The molecule has 0 N–H and O–H groups in total. The molecular formula is C8H14O2. The van der Waals surface area contributed by atoms with Crippen molar-refractivity contribution in [3.63, 3.8) is 0 Å². The summed E-state index contributed by atoms with van der Waals surface area (Å²) in [7, 11) is 0. The van der Waals surface area contributed by atoms with Crippen molar-refractivity contribution in [3.8, 4) is 0 Å². The van der Waals surface area contributed by atoms with Crippen LogP contribution in [0.15, 0.2) is 0 Å². The summed E-state index contributed by atoms with van der Waals surface area (Å²) in [5, 5.41) is 0. The van der Waals surface area contributed by atoms with E-state index in [0.29, 0.717) is 24.0 Å². The molecule has 0 aromatic carbocycles. The highest BCUT2D eigenvalue weighted by atomic mass is 16.6. The fourth-order valence-corrected chi connectivity index (χ4v) is 1.88. The Bertz CT molecular complexity index is 119. The van der Waals surface area contributed by atoms with E-state index >= 15 is 0 Å². The Morgan fingerprint density at radius 3 is 1.70 bits per heavy atom. The summed E-state index contributed by atoms with van der Waals surface area (Å²) in [6.07, 6.45) is 0.796. The molecule has 0 radical (unpaired) electrons. The number of ether oxygens (including phenoxy) is 2. The van der Waals surface area contributed by atoms with E-state index in [9.17, 15) is 0 Å². The SMILES string of the molecule is C[C@@H]1CO[C@H]2C1OC[C@H]2C. The Morgan fingerprint density at radius 1 is 0.900 bits per heavy atom. The lowest BCUT2D eigenvalue weighted by molar-refractivity contribution is 0.0627. The molecule has 4 atom stereocenters. The molecule has 0 bridgehead atoms. The molecule has 0 aromatic rings. The van der Waals surface area contributed by atoms with Crippen LogP contribution in [-0.2, 0) is 9.47 Å². The fraction of sp³-hybridized carbons (Fsp3) is 1.00. The summed E-state index contributed by atoms with van der Waals surface area (Å²) in [5.74, 6) is 1.21. The third-order valence-electron chi connectivity index (χ3n) is 2.55. The normalized spacial score (nSPS) is 53.4. The van der Waals surface area contributed by atoms with Crippen molar-refractivity contribution in [2.75, 3.05) is 13.2 Å².